The third kappa shape index (κ3) is 10.5. The second-order valence-electron chi connectivity index (χ2n) is 5.11. The molecule has 0 radical (unpaired) electrons. The first kappa shape index (κ1) is 17.4. The molecule has 0 aliphatic carbocycles. The molecular weight excluding hydrogens is 232 g/mol. The van der Waals surface area contributed by atoms with Crippen LogP contribution in [-0.2, 0) is 19.0 Å². The third-order valence-corrected chi connectivity index (χ3v) is 2.26. The van der Waals surface area contributed by atoms with Crippen LogP contribution in [-0.4, -0.2) is 38.0 Å². The van der Waals surface area contributed by atoms with E-state index in [4.69, 9.17) is 14.2 Å². The zero-order valence-electron chi connectivity index (χ0n) is 12.4. The van der Waals surface area contributed by atoms with E-state index in [9.17, 15) is 4.79 Å². The van der Waals surface area contributed by atoms with Gasteiger partial charge in [0.15, 0.2) is 0 Å². The predicted molar refractivity (Wildman–Crippen MR) is 71.5 cm³/mol. The van der Waals surface area contributed by atoms with Gasteiger partial charge in [-0.1, -0.05) is 20.8 Å². The van der Waals surface area contributed by atoms with Gasteiger partial charge in [0, 0.05) is 13.0 Å². The Labute approximate surface area is 111 Å². The Kier molecular flexibility index (Phi) is 9.98. The normalized spacial score (nSPS) is 14.6. The standard InChI is InChI=1S/C14H28O4/c1-6-7-14(15)18-10-13(5)17-9-12(4)16-8-11(2)3/h11-13H,6-10H2,1-5H3. The first-order chi connectivity index (χ1) is 8.45. The Balaban J connectivity index is 3.57. The fourth-order valence-electron chi connectivity index (χ4n) is 1.24. The maximum absolute atomic E-state index is 11.2. The molecule has 4 heteroatoms. The van der Waals surface area contributed by atoms with Crippen molar-refractivity contribution in [3.05, 3.63) is 0 Å². The zero-order chi connectivity index (χ0) is 14.0. The molecule has 0 aliphatic rings. The highest BCUT2D eigenvalue weighted by atomic mass is 16.6. The minimum absolute atomic E-state index is 0.0705. The quantitative estimate of drug-likeness (QED) is 0.567. The van der Waals surface area contributed by atoms with E-state index in [1.165, 1.54) is 0 Å². The molecule has 18 heavy (non-hydrogen) atoms. The molecule has 0 fully saturated rings. The summed E-state index contributed by atoms with van der Waals surface area (Å²) in [6.07, 6.45) is 1.27. The fourth-order valence-corrected chi connectivity index (χ4v) is 1.24. The van der Waals surface area contributed by atoms with E-state index in [1.54, 1.807) is 0 Å². The molecule has 0 spiro atoms. The number of rotatable bonds is 10. The van der Waals surface area contributed by atoms with Gasteiger partial charge in [0.1, 0.15) is 6.61 Å². The molecule has 0 aromatic rings. The summed E-state index contributed by atoms with van der Waals surface area (Å²) in [6, 6.07) is 0. The van der Waals surface area contributed by atoms with E-state index < -0.39 is 0 Å². The van der Waals surface area contributed by atoms with Gasteiger partial charge in [-0.25, -0.2) is 0 Å². The van der Waals surface area contributed by atoms with E-state index in [2.05, 4.69) is 13.8 Å². The van der Waals surface area contributed by atoms with Crippen molar-refractivity contribution < 1.29 is 19.0 Å². The molecular formula is C14H28O4. The first-order valence-electron chi connectivity index (χ1n) is 6.84. The van der Waals surface area contributed by atoms with Crippen LogP contribution < -0.4 is 0 Å². The molecule has 0 heterocycles. The smallest absolute Gasteiger partial charge is 0.305 e. The Morgan fingerprint density at radius 1 is 0.944 bits per heavy atom. The van der Waals surface area contributed by atoms with Gasteiger partial charge in [-0.2, -0.15) is 0 Å². The lowest BCUT2D eigenvalue weighted by Crippen LogP contribution is -2.25. The highest BCUT2D eigenvalue weighted by Crippen LogP contribution is 2.02. The zero-order valence-corrected chi connectivity index (χ0v) is 12.4. The minimum atomic E-state index is -0.156. The van der Waals surface area contributed by atoms with Crippen molar-refractivity contribution in [2.45, 2.75) is 59.7 Å². The van der Waals surface area contributed by atoms with Crippen LogP contribution in [0.5, 0.6) is 0 Å². The predicted octanol–water partition coefficient (Wildman–Crippen LogP) is 2.80. The number of esters is 1. The van der Waals surface area contributed by atoms with Gasteiger partial charge in [-0.15, -0.1) is 0 Å². The average Bonchev–Trinajstić information content (AvgIpc) is 2.31. The fraction of sp³-hybridized carbons (Fsp3) is 0.929. The molecule has 0 saturated carbocycles. The molecule has 2 unspecified atom stereocenters. The molecule has 0 N–H and O–H groups in total. The van der Waals surface area contributed by atoms with Crippen LogP contribution in [0.25, 0.3) is 0 Å². The summed E-state index contributed by atoms with van der Waals surface area (Å²) in [6.45, 7) is 11.6. The van der Waals surface area contributed by atoms with Crippen molar-refractivity contribution in [1.29, 1.82) is 0 Å². The highest BCUT2D eigenvalue weighted by Gasteiger charge is 2.10. The number of carbonyl (C=O) groups is 1. The van der Waals surface area contributed by atoms with Crippen LogP contribution in [0, 0.1) is 5.92 Å². The Morgan fingerprint density at radius 2 is 1.50 bits per heavy atom. The van der Waals surface area contributed by atoms with Crippen molar-refractivity contribution in [1.82, 2.24) is 0 Å². The van der Waals surface area contributed by atoms with Crippen LogP contribution >= 0.6 is 0 Å². The van der Waals surface area contributed by atoms with Crippen LogP contribution in [0.4, 0.5) is 0 Å². The van der Waals surface area contributed by atoms with E-state index in [-0.39, 0.29) is 18.2 Å². The lowest BCUT2D eigenvalue weighted by Gasteiger charge is -2.18. The van der Waals surface area contributed by atoms with Gasteiger partial charge in [0.05, 0.1) is 18.8 Å². The Morgan fingerprint density at radius 3 is 2.06 bits per heavy atom. The largest absolute Gasteiger partial charge is 0.463 e. The second-order valence-corrected chi connectivity index (χ2v) is 5.11. The van der Waals surface area contributed by atoms with Gasteiger partial charge in [-0.05, 0) is 26.2 Å². The summed E-state index contributed by atoms with van der Waals surface area (Å²) in [5.41, 5.74) is 0. The molecule has 4 nitrogen and oxygen atoms in total. The van der Waals surface area contributed by atoms with Crippen molar-refractivity contribution in [2.24, 2.45) is 5.92 Å². The number of ether oxygens (including phenoxy) is 3. The molecule has 0 bridgehead atoms. The van der Waals surface area contributed by atoms with E-state index >= 15 is 0 Å². The van der Waals surface area contributed by atoms with Gasteiger partial charge in [-0.3, -0.25) is 4.79 Å². The summed E-state index contributed by atoms with van der Waals surface area (Å²) in [5, 5.41) is 0. The molecule has 2 atom stereocenters. The summed E-state index contributed by atoms with van der Waals surface area (Å²) in [5.74, 6) is 0.372. The van der Waals surface area contributed by atoms with Crippen LogP contribution in [0.15, 0.2) is 0 Å². The van der Waals surface area contributed by atoms with Gasteiger partial charge in [0.25, 0.3) is 0 Å². The Hall–Kier alpha value is -0.610. The molecule has 108 valence electrons. The lowest BCUT2D eigenvalue weighted by atomic mass is 10.2. The summed E-state index contributed by atoms with van der Waals surface area (Å²) >= 11 is 0. The van der Waals surface area contributed by atoms with Crippen LogP contribution in [0.1, 0.15) is 47.5 Å². The summed E-state index contributed by atoms with van der Waals surface area (Å²) < 4.78 is 16.2. The molecule has 0 rings (SSSR count). The van der Waals surface area contributed by atoms with Crippen LogP contribution in [0.2, 0.25) is 0 Å². The third-order valence-electron chi connectivity index (χ3n) is 2.26. The first-order valence-corrected chi connectivity index (χ1v) is 6.84. The molecule has 0 aliphatic heterocycles. The van der Waals surface area contributed by atoms with Gasteiger partial charge in [0.2, 0.25) is 0 Å². The second kappa shape index (κ2) is 10.3. The molecule has 0 amide bonds. The minimum Gasteiger partial charge on any atom is -0.463 e. The lowest BCUT2D eigenvalue weighted by molar-refractivity contribution is -0.148. The maximum atomic E-state index is 11.2. The number of carbonyl (C=O) groups excluding carboxylic acids is 1. The monoisotopic (exact) mass is 260 g/mol. The van der Waals surface area contributed by atoms with E-state index in [1.807, 2.05) is 20.8 Å². The number of hydrogen-bond donors (Lipinski definition) is 0. The highest BCUT2D eigenvalue weighted by molar-refractivity contribution is 5.69. The molecule has 0 saturated heterocycles. The topological polar surface area (TPSA) is 44.8 Å². The number of hydrogen-bond acceptors (Lipinski definition) is 4. The van der Waals surface area contributed by atoms with E-state index in [0.717, 1.165) is 13.0 Å². The van der Waals surface area contributed by atoms with Gasteiger partial charge < -0.3 is 14.2 Å². The molecule has 0 aromatic carbocycles. The van der Waals surface area contributed by atoms with E-state index in [0.29, 0.717) is 25.6 Å². The SMILES string of the molecule is CCCC(=O)OCC(C)OCC(C)OCC(C)C. The van der Waals surface area contributed by atoms with Crippen molar-refractivity contribution in [3.8, 4) is 0 Å². The van der Waals surface area contributed by atoms with Crippen molar-refractivity contribution in [3.63, 3.8) is 0 Å². The molecule has 0 aromatic heterocycles. The van der Waals surface area contributed by atoms with Gasteiger partial charge >= 0.3 is 5.97 Å². The maximum Gasteiger partial charge on any atom is 0.305 e. The summed E-state index contributed by atoms with van der Waals surface area (Å²) in [7, 11) is 0. The Bertz CT molecular complexity index is 216. The van der Waals surface area contributed by atoms with Crippen LogP contribution in [0.3, 0.4) is 0 Å². The summed E-state index contributed by atoms with van der Waals surface area (Å²) in [4.78, 5) is 11.2. The average molecular weight is 260 g/mol. The van der Waals surface area contributed by atoms with Crippen molar-refractivity contribution >= 4 is 5.97 Å². The van der Waals surface area contributed by atoms with Crippen molar-refractivity contribution in [2.75, 3.05) is 19.8 Å².